The number of rotatable bonds is 4. The number of nitrogens with two attached hydrogens (primary N) is 1. The van der Waals surface area contributed by atoms with Crippen LogP contribution in [0.15, 0.2) is 33.5 Å². The van der Waals surface area contributed by atoms with Crippen molar-refractivity contribution >= 4 is 15.6 Å². The Balaban J connectivity index is 2.46. The highest BCUT2D eigenvalue weighted by Crippen LogP contribution is 2.29. The number of hydrogen-bond donors (Lipinski definition) is 1. The molecule has 1 aliphatic rings. The van der Waals surface area contributed by atoms with E-state index < -0.39 is 9.92 Å². The fourth-order valence-electron chi connectivity index (χ4n) is 1.52. The first kappa shape index (κ1) is 12.4. The first-order valence-corrected chi connectivity index (χ1v) is 7.36. The normalized spacial score (nSPS) is 19.0. The summed E-state index contributed by atoms with van der Waals surface area (Å²) in [7, 11) is -0.595. The minimum absolute atomic E-state index is 0.272. The maximum Gasteiger partial charge on any atom is 0.139 e. The van der Waals surface area contributed by atoms with Crippen LogP contribution in [0.1, 0.15) is 19.8 Å². The molecule has 1 aromatic rings. The van der Waals surface area contributed by atoms with E-state index in [1.54, 1.807) is 12.1 Å². The van der Waals surface area contributed by atoms with Crippen molar-refractivity contribution in [3.8, 4) is 0 Å². The lowest BCUT2D eigenvalue weighted by Crippen LogP contribution is -2.27. The highest BCUT2D eigenvalue weighted by Gasteiger charge is 2.26. The molecule has 94 valence electrons. The molecule has 0 heterocycles. The predicted octanol–water partition coefficient (Wildman–Crippen LogP) is 2.12. The molecule has 0 bridgehead atoms. The number of benzene rings is 1. The zero-order valence-corrected chi connectivity index (χ0v) is 11.1. The van der Waals surface area contributed by atoms with E-state index in [0.717, 1.165) is 17.7 Å². The van der Waals surface area contributed by atoms with E-state index in [4.69, 9.17) is 5.73 Å². The second-order valence-electron chi connectivity index (χ2n) is 4.35. The standard InChI is InChI=1S/C12H19N3OS/c1-3-15(2)17(16,14-11-6-7-11)12-8-4-10(13)5-9-12/h4-5,8-9,11H,3,6-7,13H2,1-2H3. The van der Waals surface area contributed by atoms with Gasteiger partial charge in [-0.1, -0.05) is 6.92 Å². The first-order chi connectivity index (χ1) is 8.06. The topological polar surface area (TPSA) is 58.7 Å². The molecule has 1 aromatic carbocycles. The molecule has 1 unspecified atom stereocenters. The second-order valence-corrected chi connectivity index (χ2v) is 6.65. The number of nitrogens with zero attached hydrogens (tertiary/aromatic N) is 2. The van der Waals surface area contributed by atoms with Gasteiger partial charge >= 0.3 is 0 Å². The van der Waals surface area contributed by atoms with Crippen molar-refractivity contribution in [2.45, 2.75) is 30.7 Å². The van der Waals surface area contributed by atoms with Gasteiger partial charge in [0.25, 0.3) is 0 Å². The predicted molar refractivity (Wildman–Crippen MR) is 71.0 cm³/mol. The fraction of sp³-hybridized carbons (Fsp3) is 0.500. The summed E-state index contributed by atoms with van der Waals surface area (Å²) in [5.74, 6) is 0. The Labute approximate surface area is 103 Å². The molecule has 0 aliphatic heterocycles. The molecule has 0 radical (unpaired) electrons. The van der Waals surface area contributed by atoms with E-state index in [0.29, 0.717) is 12.2 Å². The molecule has 0 aromatic heterocycles. The maximum atomic E-state index is 13.0. The molecule has 1 aliphatic carbocycles. The van der Waals surface area contributed by atoms with Gasteiger partial charge in [0.05, 0.1) is 10.9 Å². The van der Waals surface area contributed by atoms with Crippen molar-refractivity contribution in [3.05, 3.63) is 24.3 Å². The zero-order chi connectivity index (χ0) is 12.5. The smallest absolute Gasteiger partial charge is 0.139 e. The third-order valence-corrected chi connectivity index (χ3v) is 5.47. The lowest BCUT2D eigenvalue weighted by molar-refractivity contribution is 0.536. The molecule has 17 heavy (non-hydrogen) atoms. The van der Waals surface area contributed by atoms with Crippen LogP contribution in [0.4, 0.5) is 5.69 Å². The Morgan fingerprint density at radius 1 is 1.41 bits per heavy atom. The molecular formula is C12H19N3OS. The van der Waals surface area contributed by atoms with Crippen LogP contribution in [0.5, 0.6) is 0 Å². The van der Waals surface area contributed by atoms with Crippen LogP contribution in [-0.4, -0.2) is 28.1 Å². The summed E-state index contributed by atoms with van der Waals surface area (Å²) in [5, 5.41) is 0. The lowest BCUT2D eigenvalue weighted by atomic mass is 10.3. The van der Waals surface area contributed by atoms with Gasteiger partial charge in [0.15, 0.2) is 0 Å². The summed E-state index contributed by atoms with van der Waals surface area (Å²) in [6, 6.07) is 7.46. The minimum atomic E-state index is -2.45. The highest BCUT2D eigenvalue weighted by atomic mass is 32.2. The number of anilines is 1. The maximum absolute atomic E-state index is 13.0. The summed E-state index contributed by atoms with van der Waals surface area (Å²) in [4.78, 5) is 0.753. The monoisotopic (exact) mass is 253 g/mol. The van der Waals surface area contributed by atoms with Crippen LogP contribution >= 0.6 is 0 Å². The van der Waals surface area contributed by atoms with E-state index in [-0.39, 0.29) is 6.04 Å². The van der Waals surface area contributed by atoms with Gasteiger partial charge in [-0.2, -0.15) is 0 Å². The van der Waals surface area contributed by atoms with Gasteiger partial charge in [0.1, 0.15) is 9.92 Å². The van der Waals surface area contributed by atoms with Crippen molar-refractivity contribution in [2.24, 2.45) is 4.36 Å². The van der Waals surface area contributed by atoms with Gasteiger partial charge in [-0.3, -0.25) is 0 Å². The molecule has 0 saturated heterocycles. The van der Waals surface area contributed by atoms with Crippen LogP contribution in [0.25, 0.3) is 0 Å². The average Bonchev–Trinajstić information content (AvgIpc) is 3.12. The minimum Gasteiger partial charge on any atom is -0.399 e. The Kier molecular flexibility index (Phi) is 3.40. The quantitative estimate of drug-likeness (QED) is 0.836. The van der Waals surface area contributed by atoms with Crippen LogP contribution in [0.2, 0.25) is 0 Å². The molecule has 1 saturated carbocycles. The van der Waals surface area contributed by atoms with Crippen molar-refractivity contribution in [2.75, 3.05) is 19.3 Å². The Bertz CT molecular complexity index is 499. The van der Waals surface area contributed by atoms with Gasteiger partial charge in [0.2, 0.25) is 0 Å². The van der Waals surface area contributed by atoms with Crippen LogP contribution in [-0.2, 0) is 9.92 Å². The third-order valence-electron chi connectivity index (χ3n) is 2.89. The van der Waals surface area contributed by atoms with E-state index in [1.165, 1.54) is 0 Å². The molecule has 2 rings (SSSR count). The number of nitrogen functional groups attached to an aromatic ring is 1. The third kappa shape index (κ3) is 2.61. The Morgan fingerprint density at radius 2 is 2.00 bits per heavy atom. The Morgan fingerprint density at radius 3 is 2.47 bits per heavy atom. The Hall–Kier alpha value is -1.07. The molecule has 0 spiro atoms. The molecule has 1 atom stereocenters. The summed E-state index contributed by atoms with van der Waals surface area (Å²) in [6.45, 7) is 2.69. The van der Waals surface area contributed by atoms with E-state index in [2.05, 4.69) is 4.36 Å². The lowest BCUT2D eigenvalue weighted by Gasteiger charge is -2.20. The van der Waals surface area contributed by atoms with E-state index in [1.807, 2.05) is 30.4 Å². The van der Waals surface area contributed by atoms with Crippen LogP contribution < -0.4 is 5.73 Å². The van der Waals surface area contributed by atoms with Crippen LogP contribution in [0.3, 0.4) is 0 Å². The second kappa shape index (κ2) is 4.66. The summed E-state index contributed by atoms with van der Waals surface area (Å²) in [6.07, 6.45) is 2.12. The molecule has 0 amide bonds. The molecular weight excluding hydrogens is 234 g/mol. The van der Waals surface area contributed by atoms with Crippen molar-refractivity contribution in [1.82, 2.24) is 4.31 Å². The summed E-state index contributed by atoms with van der Waals surface area (Å²) < 4.78 is 19.3. The average molecular weight is 253 g/mol. The van der Waals surface area contributed by atoms with Crippen molar-refractivity contribution in [3.63, 3.8) is 0 Å². The van der Waals surface area contributed by atoms with Crippen molar-refractivity contribution in [1.29, 1.82) is 0 Å². The van der Waals surface area contributed by atoms with E-state index in [9.17, 15) is 4.21 Å². The van der Waals surface area contributed by atoms with Crippen molar-refractivity contribution < 1.29 is 4.21 Å². The summed E-state index contributed by atoms with van der Waals surface area (Å²) >= 11 is 0. The molecule has 5 heteroatoms. The van der Waals surface area contributed by atoms with Gasteiger partial charge in [-0.25, -0.2) is 12.9 Å². The van der Waals surface area contributed by atoms with E-state index >= 15 is 0 Å². The van der Waals surface area contributed by atoms with Crippen LogP contribution in [0, 0.1) is 0 Å². The van der Waals surface area contributed by atoms with Gasteiger partial charge < -0.3 is 5.73 Å². The molecule has 1 fully saturated rings. The largest absolute Gasteiger partial charge is 0.399 e. The molecule has 4 nitrogen and oxygen atoms in total. The number of hydrogen-bond acceptors (Lipinski definition) is 3. The zero-order valence-electron chi connectivity index (χ0n) is 10.3. The van der Waals surface area contributed by atoms with Gasteiger partial charge in [-0.15, -0.1) is 0 Å². The van der Waals surface area contributed by atoms with Gasteiger partial charge in [-0.05, 0) is 37.1 Å². The fourth-order valence-corrected chi connectivity index (χ4v) is 3.62. The highest BCUT2D eigenvalue weighted by molar-refractivity contribution is 7.91. The van der Waals surface area contributed by atoms with Gasteiger partial charge in [0, 0.05) is 19.3 Å². The summed E-state index contributed by atoms with van der Waals surface area (Å²) in [5.41, 5.74) is 6.34. The molecule has 2 N–H and O–H groups in total. The first-order valence-electron chi connectivity index (χ1n) is 5.89. The SMILES string of the molecule is CCN(C)S(=O)(=NC1CC1)c1ccc(N)cc1.